The van der Waals surface area contributed by atoms with Crippen LogP contribution in [0.25, 0.3) is 0 Å². The molecule has 2 fully saturated rings. The van der Waals surface area contributed by atoms with E-state index in [1.165, 1.54) is 10.4 Å². The Morgan fingerprint density at radius 3 is 2.31 bits per heavy atom. The van der Waals surface area contributed by atoms with E-state index < -0.39 is 10.0 Å². The quantitative estimate of drug-likeness (QED) is 0.704. The Labute approximate surface area is 181 Å². The van der Waals surface area contributed by atoms with Crippen LogP contribution in [0.4, 0.5) is 11.8 Å². The van der Waals surface area contributed by atoms with Crippen LogP contribution in [0.15, 0.2) is 29.3 Å². The summed E-state index contributed by atoms with van der Waals surface area (Å²) in [5.41, 5.74) is 0.684. The predicted octanol–water partition coefficient (Wildman–Crippen LogP) is 3.20. The topological polar surface area (TPSA) is 69.6 Å². The predicted molar refractivity (Wildman–Crippen MR) is 116 cm³/mol. The van der Waals surface area contributed by atoms with Crippen molar-refractivity contribution in [2.75, 3.05) is 49.1 Å². The Morgan fingerprint density at radius 1 is 0.931 bits per heavy atom. The summed E-state index contributed by atoms with van der Waals surface area (Å²) in [6.45, 7) is 5.57. The van der Waals surface area contributed by atoms with Crippen molar-refractivity contribution in [2.24, 2.45) is 0 Å². The summed E-state index contributed by atoms with van der Waals surface area (Å²) in [6.07, 6.45) is 4.10. The van der Waals surface area contributed by atoms with Crippen molar-refractivity contribution in [3.05, 3.63) is 40.0 Å². The van der Waals surface area contributed by atoms with Crippen LogP contribution in [0, 0.1) is 6.92 Å². The van der Waals surface area contributed by atoms with Crippen LogP contribution in [-0.2, 0) is 10.0 Å². The molecule has 0 saturated carbocycles. The average Bonchev–Trinajstić information content (AvgIpc) is 3.26. The second kappa shape index (κ2) is 8.26. The summed E-state index contributed by atoms with van der Waals surface area (Å²) in [7, 11) is -3.68. The molecule has 1 aromatic carbocycles. The van der Waals surface area contributed by atoms with Crippen molar-refractivity contribution >= 4 is 45.0 Å². The van der Waals surface area contributed by atoms with E-state index in [9.17, 15) is 8.42 Å². The molecule has 156 valence electrons. The fourth-order valence-corrected chi connectivity index (χ4v) is 5.94. The number of nitrogens with zero attached hydrogens (tertiary/aromatic N) is 5. The highest BCUT2D eigenvalue weighted by atomic mass is 35.5. The lowest BCUT2D eigenvalue weighted by Crippen LogP contribution is -2.49. The van der Waals surface area contributed by atoms with Gasteiger partial charge in [-0.1, -0.05) is 23.2 Å². The van der Waals surface area contributed by atoms with Gasteiger partial charge in [0, 0.05) is 50.5 Å². The largest absolute Gasteiger partial charge is 0.354 e. The number of halogens is 2. The van der Waals surface area contributed by atoms with Crippen LogP contribution >= 0.6 is 23.2 Å². The molecule has 0 amide bonds. The van der Waals surface area contributed by atoms with Gasteiger partial charge in [0.2, 0.25) is 16.0 Å². The fourth-order valence-electron chi connectivity index (χ4n) is 3.71. The lowest BCUT2D eigenvalue weighted by molar-refractivity contribution is 0.384. The van der Waals surface area contributed by atoms with Gasteiger partial charge >= 0.3 is 0 Å². The van der Waals surface area contributed by atoms with Crippen molar-refractivity contribution in [3.63, 3.8) is 0 Å². The van der Waals surface area contributed by atoms with E-state index >= 15 is 0 Å². The van der Waals surface area contributed by atoms with Crippen molar-refractivity contribution in [3.8, 4) is 0 Å². The summed E-state index contributed by atoms with van der Waals surface area (Å²) in [5, 5.41) is 0.602. The molecule has 0 bridgehead atoms. The first-order chi connectivity index (χ1) is 13.9. The Hall–Kier alpha value is -1.61. The summed E-state index contributed by atoms with van der Waals surface area (Å²) >= 11 is 12.2. The smallest absolute Gasteiger partial charge is 0.244 e. The van der Waals surface area contributed by atoms with E-state index in [2.05, 4.69) is 14.8 Å². The Morgan fingerprint density at radius 2 is 1.62 bits per heavy atom. The van der Waals surface area contributed by atoms with Crippen LogP contribution in [0.3, 0.4) is 0 Å². The molecular formula is C19H23Cl2N5O2S. The lowest BCUT2D eigenvalue weighted by Gasteiger charge is -2.35. The molecule has 0 atom stereocenters. The Balaban J connectivity index is 1.48. The molecule has 1 aromatic heterocycles. The second-order valence-corrected chi connectivity index (χ2v) is 10.1. The summed E-state index contributed by atoms with van der Waals surface area (Å²) < 4.78 is 27.7. The number of hydrogen-bond donors (Lipinski definition) is 0. The van der Waals surface area contributed by atoms with Crippen LogP contribution in [0.2, 0.25) is 10.0 Å². The molecule has 10 heteroatoms. The lowest BCUT2D eigenvalue weighted by atomic mass is 10.2. The van der Waals surface area contributed by atoms with E-state index in [-0.39, 0.29) is 9.92 Å². The van der Waals surface area contributed by atoms with E-state index in [0.717, 1.165) is 37.7 Å². The third kappa shape index (κ3) is 4.17. The molecular weight excluding hydrogens is 433 g/mol. The van der Waals surface area contributed by atoms with Crippen molar-refractivity contribution < 1.29 is 8.42 Å². The number of aryl methyl sites for hydroxylation is 1. The first-order valence-electron chi connectivity index (χ1n) is 9.65. The Kier molecular flexibility index (Phi) is 5.88. The van der Waals surface area contributed by atoms with Gasteiger partial charge < -0.3 is 9.80 Å². The van der Waals surface area contributed by atoms with E-state index in [1.54, 1.807) is 19.2 Å². The maximum absolute atomic E-state index is 13.1. The van der Waals surface area contributed by atoms with Gasteiger partial charge in [-0.15, -0.1) is 0 Å². The maximum Gasteiger partial charge on any atom is 0.244 e. The van der Waals surface area contributed by atoms with Gasteiger partial charge in [0.1, 0.15) is 10.7 Å². The number of rotatable bonds is 4. The summed E-state index contributed by atoms with van der Waals surface area (Å²) in [4.78, 5) is 13.5. The fraction of sp³-hybridized carbons (Fsp3) is 0.474. The number of benzene rings is 1. The molecule has 0 N–H and O–H groups in total. The highest BCUT2D eigenvalue weighted by molar-refractivity contribution is 7.89. The number of anilines is 2. The highest BCUT2D eigenvalue weighted by Crippen LogP contribution is 2.31. The van der Waals surface area contributed by atoms with E-state index in [1.807, 2.05) is 6.07 Å². The summed E-state index contributed by atoms with van der Waals surface area (Å²) in [5.74, 6) is 1.58. The minimum Gasteiger partial charge on any atom is -0.354 e. The molecule has 7 nitrogen and oxygen atoms in total. The minimum atomic E-state index is -3.68. The molecule has 0 unspecified atom stereocenters. The van der Waals surface area contributed by atoms with Crippen molar-refractivity contribution in [2.45, 2.75) is 24.7 Å². The maximum atomic E-state index is 13.1. The van der Waals surface area contributed by atoms with Gasteiger partial charge in [-0.05, 0) is 43.5 Å². The second-order valence-electron chi connectivity index (χ2n) is 7.33. The van der Waals surface area contributed by atoms with Crippen LogP contribution in [0.5, 0.6) is 0 Å². The minimum absolute atomic E-state index is 0.105. The number of piperazine rings is 1. The molecule has 2 saturated heterocycles. The molecule has 0 spiro atoms. The van der Waals surface area contributed by atoms with Gasteiger partial charge in [-0.25, -0.2) is 13.4 Å². The molecule has 2 aromatic rings. The zero-order valence-corrected chi connectivity index (χ0v) is 18.5. The van der Waals surface area contributed by atoms with Gasteiger partial charge in [-0.3, -0.25) is 0 Å². The molecule has 0 radical (unpaired) electrons. The normalized spacial score (nSPS) is 18.4. The third-order valence-electron chi connectivity index (χ3n) is 5.41. The molecule has 2 aliphatic heterocycles. The van der Waals surface area contributed by atoms with Crippen LogP contribution in [0.1, 0.15) is 18.4 Å². The first-order valence-corrected chi connectivity index (χ1v) is 11.8. The number of hydrogen-bond acceptors (Lipinski definition) is 6. The van der Waals surface area contributed by atoms with Crippen molar-refractivity contribution in [1.29, 1.82) is 0 Å². The van der Waals surface area contributed by atoms with Gasteiger partial charge in [0.15, 0.2) is 0 Å². The van der Waals surface area contributed by atoms with E-state index in [4.69, 9.17) is 28.2 Å². The van der Waals surface area contributed by atoms with Crippen LogP contribution in [-0.4, -0.2) is 62.0 Å². The molecule has 2 aliphatic rings. The van der Waals surface area contributed by atoms with Gasteiger partial charge in [0.25, 0.3) is 0 Å². The molecule has 0 aliphatic carbocycles. The zero-order chi connectivity index (χ0) is 20.6. The van der Waals surface area contributed by atoms with Crippen molar-refractivity contribution in [1.82, 2.24) is 14.3 Å². The SMILES string of the molecule is Cc1cc(S(=O)(=O)N2CCN(c3ccnc(N4CCCC4)n3)CC2)c(Cl)cc1Cl. The highest BCUT2D eigenvalue weighted by Gasteiger charge is 2.31. The first kappa shape index (κ1) is 20.7. The van der Waals surface area contributed by atoms with E-state index in [0.29, 0.717) is 36.8 Å². The monoisotopic (exact) mass is 455 g/mol. The van der Waals surface area contributed by atoms with Gasteiger partial charge in [0.05, 0.1) is 5.02 Å². The standard InChI is InChI=1S/C19H23Cl2N5O2S/c1-14-12-17(16(21)13-15(14)20)29(27,28)26-10-8-24(9-11-26)18-4-5-22-19(23-18)25-6-2-3-7-25/h4-5,12-13H,2-3,6-11H2,1H3. The molecule has 3 heterocycles. The number of sulfonamides is 1. The summed E-state index contributed by atoms with van der Waals surface area (Å²) in [6, 6.07) is 4.91. The van der Waals surface area contributed by atoms with Gasteiger partial charge in [-0.2, -0.15) is 9.29 Å². The molecule has 29 heavy (non-hydrogen) atoms. The zero-order valence-electron chi connectivity index (χ0n) is 16.2. The van der Waals surface area contributed by atoms with Crippen LogP contribution < -0.4 is 9.80 Å². The average molecular weight is 456 g/mol. The molecule has 4 rings (SSSR count). The third-order valence-corrected chi connectivity index (χ3v) is 8.18. The number of aromatic nitrogens is 2. The Bertz CT molecular complexity index is 1000.